The van der Waals surface area contributed by atoms with Crippen molar-refractivity contribution >= 4 is 6.03 Å². The predicted molar refractivity (Wildman–Crippen MR) is 85.6 cm³/mol. The molecule has 0 saturated heterocycles. The molecule has 0 bridgehead atoms. The van der Waals surface area contributed by atoms with E-state index >= 15 is 0 Å². The molecule has 0 aliphatic rings. The maximum atomic E-state index is 12.2. The molecule has 6 nitrogen and oxygen atoms in total. The average Bonchev–Trinajstić information content (AvgIpc) is 2.73. The van der Waals surface area contributed by atoms with E-state index in [1.165, 1.54) is 0 Å². The monoisotopic (exact) mass is 311 g/mol. The van der Waals surface area contributed by atoms with E-state index in [4.69, 9.17) is 4.52 Å². The molecule has 2 amide bonds. The highest BCUT2D eigenvalue weighted by molar-refractivity contribution is 5.74. The van der Waals surface area contributed by atoms with Crippen LogP contribution in [0.4, 0.5) is 4.79 Å². The highest BCUT2D eigenvalue weighted by atomic mass is 16.5. The van der Waals surface area contributed by atoms with Gasteiger partial charge in [0.25, 0.3) is 0 Å². The van der Waals surface area contributed by atoms with Crippen LogP contribution in [0.5, 0.6) is 0 Å². The van der Waals surface area contributed by atoms with Crippen molar-refractivity contribution < 1.29 is 14.4 Å². The first-order valence-corrected chi connectivity index (χ1v) is 7.78. The highest BCUT2D eigenvalue weighted by Crippen LogP contribution is 2.24. The van der Waals surface area contributed by atoms with Crippen LogP contribution >= 0.6 is 0 Å². The van der Waals surface area contributed by atoms with Crippen LogP contribution in [0.3, 0.4) is 0 Å². The molecule has 1 aromatic heterocycles. The first kappa shape index (κ1) is 18.5. The minimum Gasteiger partial charge on any atom is -0.394 e. The van der Waals surface area contributed by atoms with E-state index in [9.17, 15) is 9.90 Å². The van der Waals surface area contributed by atoms with Crippen molar-refractivity contribution in [1.29, 1.82) is 0 Å². The Hall–Kier alpha value is -1.56. The first-order chi connectivity index (χ1) is 10.2. The number of rotatable bonds is 6. The van der Waals surface area contributed by atoms with Crippen LogP contribution < -0.4 is 10.6 Å². The summed E-state index contributed by atoms with van der Waals surface area (Å²) < 4.78 is 5.17. The van der Waals surface area contributed by atoms with Gasteiger partial charge in [-0.1, -0.05) is 32.9 Å². The number of hydrogen-bond donors (Lipinski definition) is 3. The lowest BCUT2D eigenvalue weighted by molar-refractivity contribution is 0.189. The minimum atomic E-state index is -0.282. The Morgan fingerprint density at radius 3 is 2.36 bits per heavy atom. The molecule has 0 radical (unpaired) electrons. The van der Waals surface area contributed by atoms with Gasteiger partial charge in [0, 0.05) is 5.56 Å². The Balaban J connectivity index is 2.69. The maximum Gasteiger partial charge on any atom is 0.315 e. The highest BCUT2D eigenvalue weighted by Gasteiger charge is 2.23. The lowest BCUT2D eigenvalue weighted by Crippen LogP contribution is -2.46. The molecule has 0 saturated carbocycles. The van der Waals surface area contributed by atoms with E-state index in [0.29, 0.717) is 6.42 Å². The summed E-state index contributed by atoms with van der Waals surface area (Å²) in [7, 11) is 0. The third-order valence-corrected chi connectivity index (χ3v) is 3.57. The Morgan fingerprint density at radius 1 is 1.32 bits per heavy atom. The van der Waals surface area contributed by atoms with E-state index in [1.807, 2.05) is 20.8 Å². The number of nitrogens with one attached hydrogen (secondary N) is 2. The number of amides is 2. The van der Waals surface area contributed by atoms with Gasteiger partial charge in [-0.2, -0.15) is 0 Å². The first-order valence-electron chi connectivity index (χ1n) is 7.78. The zero-order valence-corrected chi connectivity index (χ0v) is 14.5. The van der Waals surface area contributed by atoms with Gasteiger partial charge in [0.15, 0.2) is 0 Å². The fourth-order valence-electron chi connectivity index (χ4n) is 2.65. The van der Waals surface area contributed by atoms with E-state index in [-0.39, 0.29) is 30.1 Å². The SMILES string of the molecule is CCC(NC(=O)NC(CO)CC(C)(C)C)c1c(C)noc1C. The molecule has 1 heterocycles. The second-order valence-corrected chi connectivity index (χ2v) is 6.96. The van der Waals surface area contributed by atoms with Crippen LogP contribution in [0.2, 0.25) is 0 Å². The number of urea groups is 1. The van der Waals surface area contributed by atoms with Crippen molar-refractivity contribution in [2.75, 3.05) is 6.61 Å². The minimum absolute atomic E-state index is 0.0342. The van der Waals surface area contributed by atoms with Crippen molar-refractivity contribution in [2.24, 2.45) is 5.41 Å². The van der Waals surface area contributed by atoms with Crippen LogP contribution in [0.15, 0.2) is 4.52 Å². The molecule has 0 spiro atoms. The van der Waals surface area contributed by atoms with Gasteiger partial charge in [0.1, 0.15) is 5.76 Å². The lowest BCUT2D eigenvalue weighted by atomic mass is 9.88. The van der Waals surface area contributed by atoms with Crippen LogP contribution in [0.25, 0.3) is 0 Å². The summed E-state index contributed by atoms with van der Waals surface area (Å²) >= 11 is 0. The number of aromatic nitrogens is 1. The number of carbonyl (C=O) groups excluding carboxylic acids is 1. The summed E-state index contributed by atoms with van der Waals surface area (Å²) in [6.07, 6.45) is 1.44. The van der Waals surface area contributed by atoms with Crippen molar-refractivity contribution in [3.8, 4) is 0 Å². The number of nitrogens with zero attached hydrogens (tertiary/aromatic N) is 1. The molecule has 3 N–H and O–H groups in total. The second-order valence-electron chi connectivity index (χ2n) is 6.96. The number of aliphatic hydroxyl groups is 1. The molecule has 22 heavy (non-hydrogen) atoms. The summed E-state index contributed by atoms with van der Waals surface area (Å²) in [6.45, 7) is 11.9. The topological polar surface area (TPSA) is 87.4 Å². The molecule has 1 rings (SSSR count). The summed E-state index contributed by atoms with van der Waals surface area (Å²) in [5.41, 5.74) is 1.75. The number of aryl methyl sites for hydroxylation is 2. The van der Waals surface area contributed by atoms with Gasteiger partial charge in [-0.05, 0) is 32.1 Å². The Morgan fingerprint density at radius 2 is 1.95 bits per heavy atom. The number of aliphatic hydroxyl groups excluding tert-OH is 1. The zero-order chi connectivity index (χ0) is 16.9. The molecule has 0 aliphatic carbocycles. The predicted octanol–water partition coefficient (Wildman–Crippen LogP) is 2.84. The second kappa shape index (κ2) is 7.63. The van der Waals surface area contributed by atoms with E-state index in [0.717, 1.165) is 23.4 Å². The average molecular weight is 311 g/mol. The normalized spacial score (nSPS) is 14.5. The zero-order valence-electron chi connectivity index (χ0n) is 14.5. The van der Waals surface area contributed by atoms with Gasteiger partial charge in [0.05, 0.1) is 24.4 Å². The quantitative estimate of drug-likeness (QED) is 0.754. The fraction of sp³-hybridized carbons (Fsp3) is 0.750. The molecule has 0 aliphatic heterocycles. The van der Waals surface area contributed by atoms with E-state index < -0.39 is 0 Å². The van der Waals surface area contributed by atoms with Gasteiger partial charge < -0.3 is 20.3 Å². The third-order valence-electron chi connectivity index (χ3n) is 3.57. The van der Waals surface area contributed by atoms with Crippen LogP contribution in [-0.2, 0) is 0 Å². The van der Waals surface area contributed by atoms with Gasteiger partial charge in [-0.3, -0.25) is 0 Å². The van der Waals surface area contributed by atoms with Crippen molar-refractivity contribution in [1.82, 2.24) is 15.8 Å². The summed E-state index contributed by atoms with van der Waals surface area (Å²) in [6, 6.07) is -0.697. The molecule has 2 unspecified atom stereocenters. The van der Waals surface area contributed by atoms with Gasteiger partial charge in [0.2, 0.25) is 0 Å². The standard InChI is InChI=1S/C16H29N3O3/c1-7-13(14-10(2)19-22-11(14)3)18-15(21)17-12(9-20)8-16(4,5)6/h12-13,20H,7-9H2,1-6H3,(H2,17,18,21). The molecule has 0 fully saturated rings. The van der Waals surface area contributed by atoms with Crippen molar-refractivity contribution in [3.05, 3.63) is 17.0 Å². The smallest absolute Gasteiger partial charge is 0.315 e. The Labute approximate surface area is 132 Å². The maximum absolute atomic E-state index is 12.2. The van der Waals surface area contributed by atoms with Crippen LogP contribution in [0.1, 0.15) is 63.6 Å². The van der Waals surface area contributed by atoms with Crippen molar-refractivity contribution in [3.63, 3.8) is 0 Å². The summed E-state index contributed by atoms with van der Waals surface area (Å²) in [4.78, 5) is 12.2. The van der Waals surface area contributed by atoms with Gasteiger partial charge in [-0.25, -0.2) is 4.79 Å². The van der Waals surface area contributed by atoms with E-state index in [2.05, 4.69) is 36.6 Å². The largest absolute Gasteiger partial charge is 0.394 e. The summed E-state index contributed by atoms with van der Waals surface area (Å²) in [5, 5.41) is 19.1. The lowest BCUT2D eigenvalue weighted by Gasteiger charge is -2.26. The molecule has 6 heteroatoms. The fourth-order valence-corrected chi connectivity index (χ4v) is 2.65. The molecular weight excluding hydrogens is 282 g/mol. The Kier molecular flexibility index (Phi) is 6.41. The molecular formula is C16H29N3O3. The number of carbonyl (C=O) groups is 1. The number of hydrogen-bond acceptors (Lipinski definition) is 4. The van der Waals surface area contributed by atoms with Crippen LogP contribution in [-0.4, -0.2) is 28.9 Å². The van der Waals surface area contributed by atoms with Crippen molar-refractivity contribution in [2.45, 2.75) is 66.5 Å². The molecule has 0 aromatic carbocycles. The molecule has 2 atom stereocenters. The Bertz CT molecular complexity index is 472. The van der Waals surface area contributed by atoms with Crippen LogP contribution in [0, 0.1) is 19.3 Å². The summed E-state index contributed by atoms with van der Waals surface area (Å²) in [5.74, 6) is 0.720. The van der Waals surface area contributed by atoms with Gasteiger partial charge >= 0.3 is 6.03 Å². The molecule has 126 valence electrons. The van der Waals surface area contributed by atoms with Gasteiger partial charge in [-0.15, -0.1) is 0 Å². The molecule has 1 aromatic rings. The third kappa shape index (κ3) is 5.33. The van der Waals surface area contributed by atoms with E-state index in [1.54, 1.807) is 0 Å².